The van der Waals surface area contributed by atoms with E-state index in [1.54, 1.807) is 0 Å². The Bertz CT molecular complexity index is 333. The van der Waals surface area contributed by atoms with E-state index >= 15 is 0 Å². The quantitative estimate of drug-likeness (QED) is 0.675. The molecule has 0 saturated heterocycles. The van der Waals surface area contributed by atoms with E-state index in [4.69, 9.17) is 0 Å². The topological polar surface area (TPSA) is 0 Å². The third kappa shape index (κ3) is 2.86. The first kappa shape index (κ1) is 13.7. The van der Waals surface area contributed by atoms with E-state index in [0.717, 1.165) is 0 Å². The zero-order valence-electron chi connectivity index (χ0n) is 11.5. The van der Waals surface area contributed by atoms with Crippen LogP contribution in [0.3, 0.4) is 0 Å². The SMILES string of the molecule is CC(C)c1cc(C(C)C)c(P)c(C(C)C)c1. The zero-order chi connectivity index (χ0) is 12.5. The van der Waals surface area contributed by atoms with Gasteiger partial charge in [-0.15, -0.1) is 9.24 Å². The van der Waals surface area contributed by atoms with Crippen LogP contribution in [0.4, 0.5) is 0 Å². The summed E-state index contributed by atoms with van der Waals surface area (Å²) in [6.45, 7) is 13.6. The fraction of sp³-hybridized carbons (Fsp3) is 0.600. The molecule has 0 radical (unpaired) electrons. The second-order valence-corrected chi connectivity index (χ2v) is 6.15. The monoisotopic (exact) mass is 236 g/mol. The van der Waals surface area contributed by atoms with Crippen molar-refractivity contribution >= 4 is 14.5 Å². The highest BCUT2D eigenvalue weighted by molar-refractivity contribution is 7.27. The van der Waals surface area contributed by atoms with Crippen LogP contribution in [0.15, 0.2) is 12.1 Å². The van der Waals surface area contributed by atoms with E-state index < -0.39 is 0 Å². The molecule has 1 rings (SSSR count). The van der Waals surface area contributed by atoms with Crippen molar-refractivity contribution in [3.63, 3.8) is 0 Å². The summed E-state index contributed by atoms with van der Waals surface area (Å²) in [4.78, 5) is 0. The minimum absolute atomic E-state index is 0.601. The molecule has 1 heteroatoms. The summed E-state index contributed by atoms with van der Waals surface area (Å²) in [5.74, 6) is 1.81. The standard InChI is InChI=1S/C15H25P/c1-9(2)12-7-13(10(3)4)15(16)14(8-12)11(5)6/h7-11H,16H2,1-6H3. The first-order valence-corrected chi connectivity index (χ1v) is 6.85. The van der Waals surface area contributed by atoms with Crippen molar-refractivity contribution in [2.45, 2.75) is 59.3 Å². The molecule has 0 aromatic heterocycles. The van der Waals surface area contributed by atoms with Crippen LogP contribution in [0.25, 0.3) is 0 Å². The lowest BCUT2D eigenvalue weighted by Gasteiger charge is -2.20. The van der Waals surface area contributed by atoms with Crippen LogP contribution >= 0.6 is 9.24 Å². The van der Waals surface area contributed by atoms with Gasteiger partial charge in [-0.3, -0.25) is 0 Å². The largest absolute Gasteiger partial charge is 0.105 e. The van der Waals surface area contributed by atoms with Gasteiger partial charge in [0.25, 0.3) is 0 Å². The van der Waals surface area contributed by atoms with Crippen LogP contribution in [0.5, 0.6) is 0 Å². The number of hydrogen-bond acceptors (Lipinski definition) is 0. The minimum atomic E-state index is 0.601. The Hall–Kier alpha value is -0.350. The molecule has 0 fully saturated rings. The van der Waals surface area contributed by atoms with E-state index in [9.17, 15) is 0 Å². The van der Waals surface area contributed by atoms with E-state index in [-0.39, 0.29) is 0 Å². The molecule has 1 aromatic rings. The van der Waals surface area contributed by atoms with Gasteiger partial charge in [0.1, 0.15) is 0 Å². The van der Waals surface area contributed by atoms with E-state index in [1.165, 1.54) is 22.0 Å². The molecule has 0 aliphatic rings. The van der Waals surface area contributed by atoms with Gasteiger partial charge >= 0.3 is 0 Å². The summed E-state index contributed by atoms with van der Waals surface area (Å²) in [5.41, 5.74) is 4.44. The third-order valence-electron chi connectivity index (χ3n) is 3.18. The fourth-order valence-corrected chi connectivity index (χ4v) is 2.84. The summed E-state index contributed by atoms with van der Waals surface area (Å²) in [5, 5.41) is 1.41. The first-order chi connectivity index (χ1) is 7.34. The number of hydrogen-bond donors (Lipinski definition) is 0. The lowest BCUT2D eigenvalue weighted by molar-refractivity contribution is 0.813. The molecule has 0 saturated carbocycles. The number of benzene rings is 1. The van der Waals surface area contributed by atoms with Crippen molar-refractivity contribution in [2.24, 2.45) is 0 Å². The zero-order valence-corrected chi connectivity index (χ0v) is 12.6. The maximum Gasteiger partial charge on any atom is -0.0212 e. The second-order valence-electron chi connectivity index (χ2n) is 5.58. The van der Waals surface area contributed by atoms with Crippen molar-refractivity contribution < 1.29 is 0 Å². The van der Waals surface area contributed by atoms with Crippen molar-refractivity contribution in [1.82, 2.24) is 0 Å². The van der Waals surface area contributed by atoms with Gasteiger partial charge in [0.05, 0.1) is 0 Å². The molecule has 90 valence electrons. The minimum Gasteiger partial charge on any atom is -0.105 e. The summed E-state index contributed by atoms with van der Waals surface area (Å²) in [6, 6.07) is 4.76. The molecule has 0 aliphatic carbocycles. The summed E-state index contributed by atoms with van der Waals surface area (Å²) in [6.07, 6.45) is 0. The van der Waals surface area contributed by atoms with Crippen LogP contribution < -0.4 is 5.30 Å². The van der Waals surface area contributed by atoms with Crippen LogP contribution in [0.1, 0.15) is 76.0 Å². The molecule has 16 heavy (non-hydrogen) atoms. The molecule has 1 aromatic carbocycles. The fourth-order valence-electron chi connectivity index (χ4n) is 2.01. The van der Waals surface area contributed by atoms with Gasteiger partial charge in [0, 0.05) is 0 Å². The Labute approximate surface area is 103 Å². The Morgan fingerprint density at radius 1 is 0.750 bits per heavy atom. The van der Waals surface area contributed by atoms with Gasteiger partial charge in [-0.05, 0) is 39.7 Å². The Morgan fingerprint density at radius 2 is 1.12 bits per heavy atom. The van der Waals surface area contributed by atoms with Crippen molar-refractivity contribution in [2.75, 3.05) is 0 Å². The van der Waals surface area contributed by atoms with Gasteiger partial charge in [0.2, 0.25) is 0 Å². The van der Waals surface area contributed by atoms with E-state index in [1.807, 2.05) is 0 Å². The van der Waals surface area contributed by atoms with E-state index in [0.29, 0.717) is 17.8 Å². The third-order valence-corrected chi connectivity index (χ3v) is 3.84. The molecular weight excluding hydrogens is 211 g/mol. The molecule has 0 nitrogen and oxygen atoms in total. The van der Waals surface area contributed by atoms with Crippen LogP contribution in [0.2, 0.25) is 0 Å². The van der Waals surface area contributed by atoms with Crippen molar-refractivity contribution in [1.29, 1.82) is 0 Å². The highest BCUT2D eigenvalue weighted by Gasteiger charge is 2.13. The molecule has 0 spiro atoms. The van der Waals surface area contributed by atoms with Crippen LogP contribution in [-0.2, 0) is 0 Å². The normalized spacial score (nSPS) is 11.9. The van der Waals surface area contributed by atoms with Gasteiger partial charge in [-0.25, -0.2) is 0 Å². The molecule has 0 aliphatic heterocycles. The van der Waals surface area contributed by atoms with Gasteiger partial charge in [-0.2, -0.15) is 0 Å². The predicted molar refractivity (Wildman–Crippen MR) is 78.1 cm³/mol. The Morgan fingerprint density at radius 3 is 1.38 bits per heavy atom. The maximum absolute atomic E-state index is 2.94. The molecule has 0 N–H and O–H groups in total. The van der Waals surface area contributed by atoms with E-state index in [2.05, 4.69) is 62.9 Å². The average molecular weight is 236 g/mol. The van der Waals surface area contributed by atoms with Crippen molar-refractivity contribution in [3.8, 4) is 0 Å². The Kier molecular flexibility index (Phi) is 4.56. The summed E-state index contributed by atoms with van der Waals surface area (Å²) < 4.78 is 0. The molecule has 0 amide bonds. The molecular formula is C15H25P. The first-order valence-electron chi connectivity index (χ1n) is 6.27. The maximum atomic E-state index is 2.94. The molecule has 0 heterocycles. The average Bonchev–Trinajstić information content (AvgIpc) is 2.16. The van der Waals surface area contributed by atoms with Crippen molar-refractivity contribution in [3.05, 3.63) is 28.8 Å². The predicted octanol–water partition coefficient (Wildman–Crippen LogP) is 4.56. The smallest absolute Gasteiger partial charge is 0.0212 e. The molecule has 0 bridgehead atoms. The molecule has 1 unspecified atom stereocenters. The Balaban J connectivity index is 3.39. The number of rotatable bonds is 3. The van der Waals surface area contributed by atoms with Crippen LogP contribution in [0, 0.1) is 0 Å². The van der Waals surface area contributed by atoms with Gasteiger partial charge in [-0.1, -0.05) is 53.7 Å². The molecule has 1 atom stereocenters. The van der Waals surface area contributed by atoms with Gasteiger partial charge in [0.15, 0.2) is 0 Å². The highest BCUT2D eigenvalue weighted by atomic mass is 31.0. The summed E-state index contributed by atoms with van der Waals surface area (Å²) >= 11 is 0. The second kappa shape index (κ2) is 5.32. The highest BCUT2D eigenvalue weighted by Crippen LogP contribution is 2.26. The summed E-state index contributed by atoms with van der Waals surface area (Å²) in [7, 11) is 2.94. The van der Waals surface area contributed by atoms with Crippen LogP contribution in [-0.4, -0.2) is 0 Å². The van der Waals surface area contributed by atoms with Gasteiger partial charge < -0.3 is 0 Å². The lowest BCUT2D eigenvalue weighted by atomic mass is 9.89. The lowest BCUT2D eigenvalue weighted by Crippen LogP contribution is -2.13.